The summed E-state index contributed by atoms with van der Waals surface area (Å²) in [7, 11) is -3.85. The van der Waals surface area contributed by atoms with Crippen LogP contribution in [0, 0.1) is 5.82 Å². The van der Waals surface area contributed by atoms with Crippen molar-refractivity contribution >= 4 is 27.5 Å². The van der Waals surface area contributed by atoms with Crippen molar-refractivity contribution in [2.24, 2.45) is 0 Å². The number of para-hydroxylation sites is 1. The SMILES string of the molecule is CCc1ccccc1N(CC(=O)N(Cc1ccc(F)cc1)C(Cc1ccccc1)C(=O)NC(C)CC)S(C)(=O)=O. The lowest BCUT2D eigenvalue weighted by Gasteiger charge is -2.34. The fraction of sp³-hybridized carbons (Fsp3) is 0.355. The molecule has 7 nitrogen and oxygen atoms in total. The van der Waals surface area contributed by atoms with E-state index >= 15 is 0 Å². The summed E-state index contributed by atoms with van der Waals surface area (Å²) >= 11 is 0. The number of hydrogen-bond acceptors (Lipinski definition) is 4. The van der Waals surface area contributed by atoms with Crippen LogP contribution in [0.5, 0.6) is 0 Å². The number of aryl methyl sites for hydroxylation is 1. The van der Waals surface area contributed by atoms with Crippen molar-refractivity contribution < 1.29 is 22.4 Å². The predicted octanol–water partition coefficient (Wildman–Crippen LogP) is 4.71. The predicted molar refractivity (Wildman–Crippen MR) is 157 cm³/mol. The first-order valence-corrected chi connectivity index (χ1v) is 15.3. The quantitative estimate of drug-likeness (QED) is 0.324. The molecule has 1 N–H and O–H groups in total. The molecule has 40 heavy (non-hydrogen) atoms. The average molecular weight is 568 g/mol. The molecule has 0 aliphatic heterocycles. The number of hydrogen-bond donors (Lipinski definition) is 1. The van der Waals surface area contributed by atoms with E-state index in [-0.39, 0.29) is 24.9 Å². The Bertz CT molecular complexity index is 1380. The molecule has 9 heteroatoms. The minimum absolute atomic E-state index is 0.00241. The monoisotopic (exact) mass is 567 g/mol. The second-order valence-electron chi connectivity index (χ2n) is 9.92. The first-order chi connectivity index (χ1) is 19.0. The highest BCUT2D eigenvalue weighted by molar-refractivity contribution is 7.92. The van der Waals surface area contributed by atoms with Gasteiger partial charge in [0.25, 0.3) is 0 Å². The van der Waals surface area contributed by atoms with E-state index in [0.717, 1.165) is 21.7 Å². The molecular weight excluding hydrogens is 529 g/mol. The number of nitrogens with one attached hydrogen (secondary N) is 1. The Morgan fingerprint density at radius 3 is 2.12 bits per heavy atom. The third kappa shape index (κ3) is 8.39. The van der Waals surface area contributed by atoms with E-state index in [9.17, 15) is 22.4 Å². The summed E-state index contributed by atoms with van der Waals surface area (Å²) < 4.78 is 40.7. The molecule has 2 amide bonds. The summed E-state index contributed by atoms with van der Waals surface area (Å²) in [6.45, 7) is 5.26. The zero-order valence-corrected chi connectivity index (χ0v) is 24.3. The second-order valence-corrected chi connectivity index (χ2v) is 11.8. The molecular formula is C31H38FN3O4S. The van der Waals surface area contributed by atoms with Gasteiger partial charge in [-0.15, -0.1) is 0 Å². The van der Waals surface area contributed by atoms with E-state index in [1.165, 1.54) is 17.0 Å². The number of benzene rings is 3. The van der Waals surface area contributed by atoms with E-state index < -0.39 is 34.3 Å². The van der Waals surface area contributed by atoms with Crippen molar-refractivity contribution in [2.75, 3.05) is 17.1 Å². The standard InChI is InChI=1S/C31H38FN3O4S/c1-5-23(3)33-31(37)29(20-24-12-8-7-9-13-24)34(21-25-16-18-27(32)19-17-25)30(36)22-35(40(4,38)39)28-15-11-10-14-26(28)6-2/h7-19,23,29H,5-6,20-22H2,1-4H3,(H,33,37). The summed E-state index contributed by atoms with van der Waals surface area (Å²) in [5.41, 5.74) is 2.66. The van der Waals surface area contributed by atoms with Crippen LogP contribution in [-0.2, 0) is 39.0 Å². The Kier molecular flexibility index (Phi) is 10.8. The Hall–Kier alpha value is -3.72. The molecule has 0 heterocycles. The molecule has 3 rings (SSSR count). The highest BCUT2D eigenvalue weighted by Crippen LogP contribution is 2.24. The van der Waals surface area contributed by atoms with E-state index in [0.29, 0.717) is 24.1 Å². The summed E-state index contributed by atoms with van der Waals surface area (Å²) in [4.78, 5) is 29.2. The maximum absolute atomic E-state index is 14.1. The third-order valence-electron chi connectivity index (χ3n) is 6.86. The number of sulfonamides is 1. The van der Waals surface area contributed by atoms with Crippen LogP contribution in [0.1, 0.15) is 43.9 Å². The minimum atomic E-state index is -3.85. The van der Waals surface area contributed by atoms with Gasteiger partial charge >= 0.3 is 0 Å². The van der Waals surface area contributed by atoms with Crippen molar-refractivity contribution in [3.8, 4) is 0 Å². The van der Waals surface area contributed by atoms with Gasteiger partial charge in [0.2, 0.25) is 21.8 Å². The fourth-order valence-electron chi connectivity index (χ4n) is 4.43. The smallest absolute Gasteiger partial charge is 0.244 e. The summed E-state index contributed by atoms with van der Waals surface area (Å²) in [6.07, 6.45) is 2.56. The van der Waals surface area contributed by atoms with Gasteiger partial charge in [0.15, 0.2) is 0 Å². The van der Waals surface area contributed by atoms with Gasteiger partial charge in [-0.1, -0.05) is 74.5 Å². The first-order valence-electron chi connectivity index (χ1n) is 13.5. The van der Waals surface area contributed by atoms with Gasteiger partial charge in [0.05, 0.1) is 11.9 Å². The molecule has 0 radical (unpaired) electrons. The molecule has 3 aromatic carbocycles. The Balaban J connectivity index is 2.07. The van der Waals surface area contributed by atoms with Crippen LogP contribution in [0.25, 0.3) is 0 Å². The summed E-state index contributed by atoms with van der Waals surface area (Å²) in [5.74, 6) is -1.30. The van der Waals surface area contributed by atoms with Crippen LogP contribution in [0.15, 0.2) is 78.9 Å². The molecule has 214 valence electrons. The van der Waals surface area contributed by atoms with Crippen LogP contribution < -0.4 is 9.62 Å². The van der Waals surface area contributed by atoms with Gasteiger partial charge in [-0.3, -0.25) is 13.9 Å². The van der Waals surface area contributed by atoms with Crippen molar-refractivity contribution in [1.29, 1.82) is 0 Å². The molecule has 3 aromatic rings. The van der Waals surface area contributed by atoms with Crippen molar-refractivity contribution in [3.05, 3.63) is 101 Å². The van der Waals surface area contributed by atoms with Gasteiger partial charge in [-0.05, 0) is 54.7 Å². The number of amides is 2. The topological polar surface area (TPSA) is 86.8 Å². The van der Waals surface area contributed by atoms with Gasteiger partial charge < -0.3 is 10.2 Å². The molecule has 0 aliphatic carbocycles. The first kappa shape index (κ1) is 30.8. The van der Waals surface area contributed by atoms with Crippen LogP contribution in [0.4, 0.5) is 10.1 Å². The number of anilines is 1. The fourth-order valence-corrected chi connectivity index (χ4v) is 5.31. The van der Waals surface area contributed by atoms with E-state index in [1.54, 1.807) is 24.3 Å². The van der Waals surface area contributed by atoms with E-state index in [2.05, 4.69) is 5.32 Å². The summed E-state index contributed by atoms with van der Waals surface area (Å²) in [6, 6.07) is 21.0. The lowest BCUT2D eigenvalue weighted by atomic mass is 10.0. The average Bonchev–Trinajstić information content (AvgIpc) is 2.94. The largest absolute Gasteiger partial charge is 0.352 e. The van der Waals surface area contributed by atoms with Gasteiger partial charge in [0, 0.05) is 19.0 Å². The molecule has 0 spiro atoms. The number of rotatable bonds is 13. The Labute approximate surface area is 237 Å². The molecule has 0 saturated heterocycles. The lowest BCUT2D eigenvalue weighted by Crippen LogP contribution is -2.54. The van der Waals surface area contributed by atoms with Crippen molar-refractivity contribution in [2.45, 2.75) is 58.7 Å². The Morgan fingerprint density at radius 1 is 0.900 bits per heavy atom. The molecule has 0 aromatic heterocycles. The zero-order chi connectivity index (χ0) is 29.3. The molecule has 0 saturated carbocycles. The number of halogens is 1. The molecule has 0 bridgehead atoms. The highest BCUT2D eigenvalue weighted by Gasteiger charge is 2.33. The number of carbonyl (C=O) groups excluding carboxylic acids is 2. The zero-order valence-electron chi connectivity index (χ0n) is 23.5. The second kappa shape index (κ2) is 14.1. The molecule has 2 unspecified atom stereocenters. The van der Waals surface area contributed by atoms with E-state index in [1.807, 2.05) is 63.2 Å². The van der Waals surface area contributed by atoms with Crippen molar-refractivity contribution in [1.82, 2.24) is 10.2 Å². The van der Waals surface area contributed by atoms with Crippen LogP contribution in [0.2, 0.25) is 0 Å². The molecule has 2 atom stereocenters. The van der Waals surface area contributed by atoms with Crippen LogP contribution in [0.3, 0.4) is 0 Å². The third-order valence-corrected chi connectivity index (χ3v) is 7.99. The maximum atomic E-state index is 14.1. The number of carbonyl (C=O) groups is 2. The van der Waals surface area contributed by atoms with Gasteiger partial charge in [-0.25, -0.2) is 12.8 Å². The van der Waals surface area contributed by atoms with Crippen molar-refractivity contribution in [3.63, 3.8) is 0 Å². The molecule has 0 fully saturated rings. The maximum Gasteiger partial charge on any atom is 0.244 e. The normalized spacial score (nSPS) is 12.8. The number of nitrogens with zero attached hydrogens (tertiary/aromatic N) is 2. The van der Waals surface area contributed by atoms with Crippen LogP contribution in [-0.4, -0.2) is 50.0 Å². The van der Waals surface area contributed by atoms with Gasteiger partial charge in [0.1, 0.15) is 18.4 Å². The Morgan fingerprint density at radius 2 is 1.52 bits per heavy atom. The lowest BCUT2D eigenvalue weighted by molar-refractivity contribution is -0.140. The molecule has 0 aliphatic rings. The minimum Gasteiger partial charge on any atom is -0.352 e. The van der Waals surface area contributed by atoms with Gasteiger partial charge in [-0.2, -0.15) is 0 Å². The van der Waals surface area contributed by atoms with E-state index in [4.69, 9.17) is 0 Å². The van der Waals surface area contributed by atoms with Crippen LogP contribution >= 0.6 is 0 Å². The highest BCUT2D eigenvalue weighted by atomic mass is 32.2. The summed E-state index contributed by atoms with van der Waals surface area (Å²) in [5, 5.41) is 2.99.